The molecular weight excluding hydrogens is 214 g/mol. The Labute approximate surface area is 100 Å². The lowest BCUT2D eigenvalue weighted by molar-refractivity contribution is 0.0901. The van der Waals surface area contributed by atoms with Crippen molar-refractivity contribution in [3.05, 3.63) is 36.8 Å². The van der Waals surface area contributed by atoms with Crippen LogP contribution in [0.5, 0.6) is 0 Å². The molecular formula is C13H15N3O. The van der Waals surface area contributed by atoms with Gasteiger partial charge in [0.1, 0.15) is 6.33 Å². The number of nitrogen functional groups attached to an aromatic ring is 1. The second-order valence-corrected chi connectivity index (χ2v) is 3.93. The number of rotatable bonds is 3. The van der Waals surface area contributed by atoms with Crippen LogP contribution >= 0.6 is 0 Å². The topological polar surface area (TPSA) is 60.9 Å². The van der Waals surface area contributed by atoms with Gasteiger partial charge in [0, 0.05) is 23.9 Å². The highest BCUT2D eigenvalue weighted by Gasteiger charge is 2.06. The zero-order valence-electron chi connectivity index (χ0n) is 9.76. The van der Waals surface area contributed by atoms with Crippen molar-refractivity contribution in [2.24, 2.45) is 0 Å². The first-order chi connectivity index (χ1) is 8.20. The molecule has 0 aliphatic rings. The number of imidazole rings is 1. The van der Waals surface area contributed by atoms with Crippen LogP contribution in [0.2, 0.25) is 0 Å². The fourth-order valence-corrected chi connectivity index (χ4v) is 1.61. The molecule has 0 aliphatic carbocycles. The monoisotopic (exact) mass is 229 g/mol. The molecule has 0 saturated heterocycles. The molecule has 1 aromatic heterocycles. The van der Waals surface area contributed by atoms with Crippen LogP contribution in [-0.2, 0) is 0 Å². The van der Waals surface area contributed by atoms with Crippen LogP contribution in [0.15, 0.2) is 36.8 Å². The molecule has 4 nitrogen and oxygen atoms in total. The number of carbonyl (C=O) groups is 1. The van der Waals surface area contributed by atoms with Gasteiger partial charge in [-0.3, -0.25) is 9.36 Å². The van der Waals surface area contributed by atoms with Gasteiger partial charge in [0.15, 0.2) is 0 Å². The van der Waals surface area contributed by atoms with E-state index in [1.807, 2.05) is 31.2 Å². The van der Waals surface area contributed by atoms with Crippen molar-refractivity contribution >= 4 is 11.6 Å². The fraction of sp³-hybridized carbons (Fsp3) is 0.231. The normalized spacial score (nSPS) is 10.4. The standard InChI is InChI=1S/C13H15N3O/c1-2-3-13(17)16-8-12(15-9-16)10-4-6-11(14)7-5-10/h4-9H,2-3,14H2,1H3. The Bertz CT molecular complexity index is 514. The van der Waals surface area contributed by atoms with Gasteiger partial charge in [-0.25, -0.2) is 4.98 Å². The lowest BCUT2D eigenvalue weighted by atomic mass is 10.1. The highest BCUT2D eigenvalue weighted by atomic mass is 16.2. The summed E-state index contributed by atoms with van der Waals surface area (Å²) in [4.78, 5) is 15.9. The summed E-state index contributed by atoms with van der Waals surface area (Å²) in [6.07, 6.45) is 4.69. The summed E-state index contributed by atoms with van der Waals surface area (Å²) in [5.74, 6) is 0.0710. The van der Waals surface area contributed by atoms with Crippen LogP contribution in [0.3, 0.4) is 0 Å². The average Bonchev–Trinajstić information content (AvgIpc) is 2.80. The van der Waals surface area contributed by atoms with Crippen molar-refractivity contribution < 1.29 is 4.79 Å². The fourth-order valence-electron chi connectivity index (χ4n) is 1.61. The van der Waals surface area contributed by atoms with E-state index in [-0.39, 0.29) is 5.91 Å². The minimum Gasteiger partial charge on any atom is -0.399 e. The second-order valence-electron chi connectivity index (χ2n) is 3.93. The van der Waals surface area contributed by atoms with Crippen LogP contribution in [0, 0.1) is 0 Å². The van der Waals surface area contributed by atoms with E-state index in [0.717, 1.165) is 23.4 Å². The summed E-state index contributed by atoms with van der Waals surface area (Å²) < 4.78 is 1.54. The van der Waals surface area contributed by atoms with Gasteiger partial charge in [0.25, 0.3) is 0 Å². The number of anilines is 1. The molecule has 0 unspecified atom stereocenters. The third kappa shape index (κ3) is 2.53. The molecule has 88 valence electrons. The third-order valence-corrected chi connectivity index (χ3v) is 2.54. The second kappa shape index (κ2) is 4.82. The van der Waals surface area contributed by atoms with Crippen molar-refractivity contribution in [2.75, 3.05) is 5.73 Å². The lowest BCUT2D eigenvalue weighted by Gasteiger charge is -1.98. The van der Waals surface area contributed by atoms with E-state index < -0.39 is 0 Å². The summed E-state index contributed by atoms with van der Waals surface area (Å²) in [7, 11) is 0. The van der Waals surface area contributed by atoms with E-state index >= 15 is 0 Å². The van der Waals surface area contributed by atoms with E-state index in [1.54, 1.807) is 12.5 Å². The van der Waals surface area contributed by atoms with Gasteiger partial charge < -0.3 is 5.73 Å². The number of aromatic nitrogens is 2. The van der Waals surface area contributed by atoms with E-state index in [9.17, 15) is 4.79 Å². The highest BCUT2D eigenvalue weighted by molar-refractivity contribution is 5.79. The Morgan fingerprint density at radius 2 is 2.06 bits per heavy atom. The Balaban J connectivity index is 2.23. The molecule has 2 rings (SSSR count). The average molecular weight is 229 g/mol. The van der Waals surface area contributed by atoms with Crippen molar-refractivity contribution in [1.82, 2.24) is 9.55 Å². The zero-order chi connectivity index (χ0) is 12.3. The zero-order valence-corrected chi connectivity index (χ0v) is 9.76. The van der Waals surface area contributed by atoms with E-state index in [4.69, 9.17) is 5.73 Å². The van der Waals surface area contributed by atoms with Crippen LogP contribution in [0.1, 0.15) is 24.6 Å². The number of nitrogens with zero attached hydrogens (tertiary/aromatic N) is 2. The summed E-state index contributed by atoms with van der Waals surface area (Å²) in [5, 5.41) is 0. The Kier molecular flexibility index (Phi) is 3.23. The largest absolute Gasteiger partial charge is 0.399 e. The quantitative estimate of drug-likeness (QED) is 0.823. The Morgan fingerprint density at radius 3 is 2.71 bits per heavy atom. The van der Waals surface area contributed by atoms with Gasteiger partial charge in [-0.1, -0.05) is 19.1 Å². The predicted octanol–water partition coefficient (Wildman–Crippen LogP) is 2.57. The van der Waals surface area contributed by atoms with Crippen LogP contribution in [-0.4, -0.2) is 15.5 Å². The van der Waals surface area contributed by atoms with Gasteiger partial charge in [-0.2, -0.15) is 0 Å². The minimum absolute atomic E-state index is 0.0710. The van der Waals surface area contributed by atoms with Crippen molar-refractivity contribution in [1.29, 1.82) is 0 Å². The van der Waals surface area contributed by atoms with Gasteiger partial charge in [0.05, 0.1) is 5.69 Å². The molecule has 2 aromatic rings. The molecule has 0 bridgehead atoms. The molecule has 17 heavy (non-hydrogen) atoms. The van der Waals surface area contributed by atoms with Crippen LogP contribution in [0.4, 0.5) is 5.69 Å². The molecule has 1 heterocycles. The third-order valence-electron chi connectivity index (χ3n) is 2.54. The van der Waals surface area contributed by atoms with Gasteiger partial charge in [-0.15, -0.1) is 0 Å². The molecule has 2 N–H and O–H groups in total. The molecule has 0 saturated carbocycles. The molecule has 0 aliphatic heterocycles. The van der Waals surface area contributed by atoms with Crippen molar-refractivity contribution in [2.45, 2.75) is 19.8 Å². The molecule has 1 aromatic carbocycles. The number of hydrogen-bond acceptors (Lipinski definition) is 3. The summed E-state index contributed by atoms with van der Waals surface area (Å²) in [6.45, 7) is 1.98. The number of benzene rings is 1. The van der Waals surface area contributed by atoms with E-state index in [1.165, 1.54) is 4.57 Å². The Hall–Kier alpha value is -2.10. The lowest BCUT2D eigenvalue weighted by Crippen LogP contribution is -2.06. The molecule has 0 fully saturated rings. The van der Waals surface area contributed by atoms with E-state index in [0.29, 0.717) is 6.42 Å². The molecule has 0 radical (unpaired) electrons. The summed E-state index contributed by atoms with van der Waals surface area (Å²) >= 11 is 0. The predicted molar refractivity (Wildman–Crippen MR) is 67.6 cm³/mol. The number of nitrogens with two attached hydrogens (primary N) is 1. The Morgan fingerprint density at radius 1 is 1.35 bits per heavy atom. The molecule has 4 heteroatoms. The molecule has 0 spiro atoms. The molecule has 0 amide bonds. The number of carbonyl (C=O) groups excluding carboxylic acids is 1. The van der Waals surface area contributed by atoms with Crippen molar-refractivity contribution in [3.8, 4) is 11.3 Å². The van der Waals surface area contributed by atoms with Gasteiger partial charge >= 0.3 is 0 Å². The molecule has 0 atom stereocenters. The smallest absolute Gasteiger partial charge is 0.231 e. The minimum atomic E-state index is 0.0710. The first kappa shape index (κ1) is 11.4. The summed E-state index contributed by atoms with van der Waals surface area (Å²) in [5.41, 5.74) is 8.08. The number of hydrogen-bond donors (Lipinski definition) is 1. The highest BCUT2D eigenvalue weighted by Crippen LogP contribution is 2.18. The summed E-state index contributed by atoms with van der Waals surface area (Å²) in [6, 6.07) is 7.43. The maximum Gasteiger partial charge on any atom is 0.231 e. The SMILES string of the molecule is CCCC(=O)n1cnc(-c2ccc(N)cc2)c1. The van der Waals surface area contributed by atoms with Gasteiger partial charge in [-0.05, 0) is 18.6 Å². The first-order valence-electron chi connectivity index (χ1n) is 5.64. The maximum atomic E-state index is 11.6. The van der Waals surface area contributed by atoms with Crippen LogP contribution in [0.25, 0.3) is 11.3 Å². The van der Waals surface area contributed by atoms with Crippen LogP contribution < -0.4 is 5.73 Å². The van der Waals surface area contributed by atoms with Crippen molar-refractivity contribution in [3.63, 3.8) is 0 Å². The first-order valence-corrected chi connectivity index (χ1v) is 5.64. The van der Waals surface area contributed by atoms with Gasteiger partial charge in [0.2, 0.25) is 5.91 Å². The van der Waals surface area contributed by atoms with E-state index in [2.05, 4.69) is 4.98 Å². The maximum absolute atomic E-state index is 11.6.